The van der Waals surface area contributed by atoms with E-state index in [-0.39, 0.29) is 31.0 Å². The van der Waals surface area contributed by atoms with Crippen LogP contribution in [0.4, 0.5) is 0 Å². The fourth-order valence-corrected chi connectivity index (χ4v) is 1.16. The zero-order valence-corrected chi connectivity index (χ0v) is 7.96. The Labute approximate surface area is 80.7 Å². The van der Waals surface area contributed by atoms with Gasteiger partial charge in [-0.25, -0.2) is 0 Å². The summed E-state index contributed by atoms with van der Waals surface area (Å²) in [7, 11) is 0. The number of ketones is 1. The largest absolute Gasteiger partial charge is 0.369 e. The van der Waals surface area contributed by atoms with Crippen molar-refractivity contribution in [3.05, 3.63) is 0 Å². The van der Waals surface area contributed by atoms with Crippen molar-refractivity contribution in [1.82, 2.24) is 0 Å². The van der Waals surface area contributed by atoms with Gasteiger partial charge in [0.2, 0.25) is 5.91 Å². The first kappa shape index (κ1) is 14.7. The Hall–Kier alpha value is -0.860. The van der Waals surface area contributed by atoms with Crippen molar-refractivity contribution in [2.45, 2.75) is 41.0 Å². The molecule has 0 aromatic heterocycles. The highest BCUT2D eigenvalue weighted by atomic mass is 16.1. The normalized spacial score (nSPS) is 14.1. The maximum absolute atomic E-state index is 11.0. The molecular weight excluding hydrogens is 166 g/mol. The van der Waals surface area contributed by atoms with Gasteiger partial charge >= 0.3 is 0 Å². The quantitative estimate of drug-likeness (QED) is 0.712. The Balaban J connectivity index is 0. The van der Waals surface area contributed by atoms with E-state index in [1.54, 1.807) is 13.8 Å². The Bertz CT molecular complexity index is 178. The van der Waals surface area contributed by atoms with Gasteiger partial charge in [0, 0.05) is 11.8 Å². The highest BCUT2D eigenvalue weighted by molar-refractivity contribution is 5.80. The molecule has 3 heteroatoms. The van der Waals surface area contributed by atoms with E-state index >= 15 is 0 Å². The first-order valence-electron chi connectivity index (χ1n) is 4.28. The minimum atomic E-state index is -0.324. The number of hydrogen-bond donors (Lipinski definition) is 1. The summed E-state index contributed by atoms with van der Waals surface area (Å²) in [6.45, 7) is 5.26. The molecule has 0 aliphatic rings. The van der Waals surface area contributed by atoms with Crippen LogP contribution >= 0.6 is 0 Å². The molecule has 0 bridgehead atoms. The third-order valence-electron chi connectivity index (χ3n) is 2.19. The fourth-order valence-electron chi connectivity index (χ4n) is 1.16. The van der Waals surface area contributed by atoms with Gasteiger partial charge in [-0.3, -0.25) is 9.59 Å². The topological polar surface area (TPSA) is 60.2 Å². The third-order valence-corrected chi connectivity index (χ3v) is 2.19. The van der Waals surface area contributed by atoms with Gasteiger partial charge in [0.15, 0.2) is 0 Å². The Kier molecular flexibility index (Phi) is 7.48. The smallest absolute Gasteiger partial charge is 0.220 e. The predicted octanol–water partition coefficient (Wildman–Crippen LogP) is 1.75. The van der Waals surface area contributed by atoms with Gasteiger partial charge in [-0.05, 0) is 19.8 Å². The summed E-state index contributed by atoms with van der Waals surface area (Å²) >= 11 is 0. The Morgan fingerprint density at radius 3 is 2.08 bits per heavy atom. The molecule has 0 rings (SSSR count). The van der Waals surface area contributed by atoms with Gasteiger partial charge in [-0.1, -0.05) is 21.3 Å². The number of Topliss-reactive ketones (excluding diaryl/α,β-unsaturated/α-hetero) is 1. The number of hydrogen-bond acceptors (Lipinski definition) is 2. The van der Waals surface area contributed by atoms with E-state index in [9.17, 15) is 9.59 Å². The van der Waals surface area contributed by atoms with Crippen molar-refractivity contribution in [2.75, 3.05) is 0 Å². The molecule has 2 unspecified atom stereocenters. The summed E-state index contributed by atoms with van der Waals surface area (Å²) in [6.07, 6.45) is 1.37. The maximum atomic E-state index is 11.0. The van der Waals surface area contributed by atoms with Gasteiger partial charge in [-0.15, -0.1) is 0 Å². The summed E-state index contributed by atoms with van der Waals surface area (Å²) < 4.78 is 0. The first-order valence-corrected chi connectivity index (χ1v) is 4.28. The van der Waals surface area contributed by atoms with Crippen molar-refractivity contribution in [2.24, 2.45) is 17.6 Å². The van der Waals surface area contributed by atoms with Crippen LogP contribution in [-0.4, -0.2) is 11.7 Å². The molecule has 2 atom stereocenters. The number of carbonyl (C=O) groups is 2. The number of rotatable bonds is 5. The molecule has 0 aliphatic carbocycles. The second-order valence-corrected chi connectivity index (χ2v) is 3.25. The zero-order valence-electron chi connectivity index (χ0n) is 7.96. The van der Waals surface area contributed by atoms with Gasteiger partial charge in [0.25, 0.3) is 0 Å². The summed E-state index contributed by atoms with van der Waals surface area (Å²) in [5, 5.41) is 0. The molecule has 13 heavy (non-hydrogen) atoms. The Morgan fingerprint density at radius 2 is 1.85 bits per heavy atom. The average molecular weight is 187 g/mol. The third kappa shape index (κ3) is 5.39. The van der Waals surface area contributed by atoms with Crippen molar-refractivity contribution < 1.29 is 9.59 Å². The fraction of sp³-hybridized carbons (Fsp3) is 0.800. The zero-order chi connectivity index (χ0) is 9.72. The monoisotopic (exact) mass is 187 g/mol. The minimum absolute atomic E-state index is 0. The second-order valence-electron chi connectivity index (χ2n) is 3.25. The van der Waals surface area contributed by atoms with E-state index in [0.717, 1.165) is 6.42 Å². The van der Waals surface area contributed by atoms with Gasteiger partial charge in [-0.2, -0.15) is 0 Å². The lowest BCUT2D eigenvalue weighted by atomic mass is 9.90. The molecule has 0 radical (unpaired) electrons. The van der Waals surface area contributed by atoms with E-state index in [0.29, 0.717) is 6.42 Å². The molecule has 0 aromatic rings. The van der Waals surface area contributed by atoms with E-state index in [2.05, 4.69) is 0 Å². The molecule has 1 amide bonds. The van der Waals surface area contributed by atoms with E-state index < -0.39 is 0 Å². The lowest BCUT2D eigenvalue weighted by Gasteiger charge is -2.14. The predicted molar refractivity (Wildman–Crippen MR) is 54.2 cm³/mol. The van der Waals surface area contributed by atoms with Crippen molar-refractivity contribution in [1.29, 1.82) is 0 Å². The molecule has 0 saturated carbocycles. The van der Waals surface area contributed by atoms with Crippen LogP contribution in [0, 0.1) is 11.8 Å². The molecule has 3 nitrogen and oxygen atoms in total. The van der Waals surface area contributed by atoms with Crippen LogP contribution < -0.4 is 5.73 Å². The molecule has 0 aliphatic heterocycles. The van der Waals surface area contributed by atoms with Crippen LogP contribution in [0.5, 0.6) is 0 Å². The molecule has 2 N–H and O–H groups in total. The van der Waals surface area contributed by atoms with Crippen molar-refractivity contribution in [3.8, 4) is 0 Å². The molecule has 0 spiro atoms. The average Bonchev–Trinajstić information content (AvgIpc) is 1.98. The highest BCUT2D eigenvalue weighted by Crippen LogP contribution is 2.15. The summed E-state index contributed by atoms with van der Waals surface area (Å²) in [5.41, 5.74) is 5.09. The summed E-state index contributed by atoms with van der Waals surface area (Å²) in [6, 6.07) is 0. The number of amides is 1. The van der Waals surface area contributed by atoms with Gasteiger partial charge < -0.3 is 5.73 Å². The number of nitrogens with two attached hydrogens (primary N) is 1. The molecular formula is C10H21NO2. The number of carbonyl (C=O) groups excluding carboxylic acids is 2. The molecule has 0 heterocycles. The standard InChI is InChI=1S/C9H17NO2.CH4/c1-4-8(7(3)11)5-6(2)9(10)12;/h6,8H,4-5H2,1-3H3,(H2,10,12);1H4. The van der Waals surface area contributed by atoms with Gasteiger partial charge in [0.1, 0.15) is 5.78 Å². The van der Waals surface area contributed by atoms with Crippen LogP contribution in [0.25, 0.3) is 0 Å². The molecule has 0 aromatic carbocycles. The van der Waals surface area contributed by atoms with Crippen molar-refractivity contribution >= 4 is 11.7 Å². The van der Waals surface area contributed by atoms with Crippen molar-refractivity contribution in [3.63, 3.8) is 0 Å². The second kappa shape index (κ2) is 6.63. The van der Waals surface area contributed by atoms with Crippen LogP contribution in [0.3, 0.4) is 0 Å². The minimum Gasteiger partial charge on any atom is -0.369 e. The number of primary amides is 1. The summed E-state index contributed by atoms with van der Waals surface area (Å²) in [5.74, 6) is -0.383. The van der Waals surface area contributed by atoms with Crippen LogP contribution in [0.2, 0.25) is 0 Å². The van der Waals surface area contributed by atoms with Crippen LogP contribution in [0.15, 0.2) is 0 Å². The van der Waals surface area contributed by atoms with E-state index in [1.807, 2.05) is 6.92 Å². The van der Waals surface area contributed by atoms with Crippen LogP contribution in [-0.2, 0) is 9.59 Å². The highest BCUT2D eigenvalue weighted by Gasteiger charge is 2.18. The molecule has 78 valence electrons. The van der Waals surface area contributed by atoms with Gasteiger partial charge in [0.05, 0.1) is 0 Å². The molecule has 0 fully saturated rings. The maximum Gasteiger partial charge on any atom is 0.220 e. The first-order chi connectivity index (χ1) is 5.49. The lowest BCUT2D eigenvalue weighted by molar-refractivity contribution is -0.124. The van der Waals surface area contributed by atoms with E-state index in [4.69, 9.17) is 5.73 Å². The van der Waals surface area contributed by atoms with E-state index in [1.165, 1.54) is 0 Å². The SMILES string of the molecule is C.CCC(CC(C)C(N)=O)C(C)=O. The molecule has 0 saturated heterocycles. The Morgan fingerprint density at radius 1 is 1.38 bits per heavy atom. The summed E-state index contributed by atoms with van der Waals surface area (Å²) in [4.78, 5) is 21.7. The lowest BCUT2D eigenvalue weighted by Crippen LogP contribution is -2.24. The van der Waals surface area contributed by atoms with Crippen LogP contribution in [0.1, 0.15) is 41.0 Å².